The Morgan fingerprint density at radius 1 is 1.36 bits per heavy atom. The summed E-state index contributed by atoms with van der Waals surface area (Å²) < 4.78 is 41.4. The number of carbonyl (C=O) groups is 1. The predicted octanol–water partition coefficient (Wildman–Crippen LogP) is 2.79. The van der Waals surface area contributed by atoms with Gasteiger partial charge in [0.1, 0.15) is 11.4 Å². The van der Waals surface area contributed by atoms with Gasteiger partial charge in [0.25, 0.3) is 0 Å². The van der Waals surface area contributed by atoms with Crippen molar-refractivity contribution in [3.63, 3.8) is 0 Å². The maximum atomic E-state index is 13.7. The summed E-state index contributed by atoms with van der Waals surface area (Å²) in [5.74, 6) is -1.10. The Balaban J connectivity index is 2.55. The van der Waals surface area contributed by atoms with Crippen molar-refractivity contribution in [1.29, 1.82) is 0 Å². The fourth-order valence-corrected chi connectivity index (χ4v) is 2.49. The molecule has 8 heteroatoms. The smallest absolute Gasteiger partial charge is 0.341 e. The molecule has 0 spiro atoms. The fraction of sp³-hybridized carbons (Fsp3) is 0.412. The molecule has 1 aromatic carbocycles. The molecule has 0 fully saturated rings. The normalized spacial score (nSPS) is 12.2. The van der Waals surface area contributed by atoms with Crippen LogP contribution < -0.4 is 5.32 Å². The maximum absolute atomic E-state index is 13.7. The van der Waals surface area contributed by atoms with Gasteiger partial charge < -0.3 is 10.1 Å². The molecule has 0 saturated carbocycles. The number of aromatic nitrogens is 1. The molecule has 6 nitrogen and oxygen atoms in total. The van der Waals surface area contributed by atoms with Gasteiger partial charge in [-0.05, 0) is 39.0 Å². The molecule has 0 aliphatic heterocycles. The van der Waals surface area contributed by atoms with Gasteiger partial charge in [-0.3, -0.25) is 4.98 Å². The molecule has 0 unspecified atom stereocenters. The van der Waals surface area contributed by atoms with E-state index < -0.39 is 26.4 Å². The number of nitrogens with one attached hydrogen (secondary N) is 1. The van der Waals surface area contributed by atoms with Crippen LogP contribution in [0.4, 0.5) is 10.1 Å². The number of esters is 1. The number of carbonyl (C=O) groups excluding carboxylic acids is 1. The molecule has 1 heterocycles. The molecule has 2 aromatic rings. The van der Waals surface area contributed by atoms with E-state index in [1.807, 2.05) is 0 Å². The predicted molar refractivity (Wildman–Crippen MR) is 95.1 cm³/mol. The Kier molecular flexibility index (Phi) is 5.31. The molecular formula is C17H21FN2O4S. The average molecular weight is 368 g/mol. The maximum Gasteiger partial charge on any atom is 0.341 e. The van der Waals surface area contributed by atoms with E-state index in [0.29, 0.717) is 16.6 Å². The van der Waals surface area contributed by atoms with Crippen molar-refractivity contribution < 1.29 is 22.3 Å². The van der Waals surface area contributed by atoms with E-state index in [4.69, 9.17) is 4.74 Å². The summed E-state index contributed by atoms with van der Waals surface area (Å²) in [5.41, 5.74) is 0.915. The second-order valence-corrected chi connectivity index (χ2v) is 8.96. The van der Waals surface area contributed by atoms with E-state index in [9.17, 15) is 17.6 Å². The van der Waals surface area contributed by atoms with Crippen LogP contribution in [0.1, 0.15) is 31.1 Å². The molecule has 2 rings (SSSR count). The first-order valence-electron chi connectivity index (χ1n) is 7.75. The third-order valence-electron chi connectivity index (χ3n) is 4.02. The van der Waals surface area contributed by atoms with Crippen molar-refractivity contribution >= 4 is 32.4 Å². The van der Waals surface area contributed by atoms with E-state index in [1.54, 1.807) is 20.8 Å². The highest BCUT2D eigenvalue weighted by Gasteiger charge is 2.30. The standard InChI is InChI=1S/C17H21FN2O4S/c1-5-24-16(21)13-9-19-14-7-6-11(18)8-12(14)15(13)20-10-17(2,3)25(4,22)23/h6-9H,5,10H2,1-4H3,(H,19,20). The lowest BCUT2D eigenvalue weighted by Gasteiger charge is -2.24. The summed E-state index contributed by atoms with van der Waals surface area (Å²) in [6.45, 7) is 5.03. The summed E-state index contributed by atoms with van der Waals surface area (Å²) >= 11 is 0. The Bertz CT molecular complexity index is 910. The average Bonchev–Trinajstić information content (AvgIpc) is 2.51. The van der Waals surface area contributed by atoms with Gasteiger partial charge >= 0.3 is 5.97 Å². The molecule has 0 aliphatic rings. The first kappa shape index (κ1) is 19.1. The molecule has 0 aliphatic carbocycles. The van der Waals surface area contributed by atoms with Gasteiger partial charge in [-0.15, -0.1) is 0 Å². The SMILES string of the molecule is CCOC(=O)c1cnc2ccc(F)cc2c1NCC(C)(C)S(C)(=O)=O. The molecule has 0 saturated heterocycles. The highest BCUT2D eigenvalue weighted by Crippen LogP contribution is 2.28. The lowest BCUT2D eigenvalue weighted by molar-refractivity contribution is 0.0527. The van der Waals surface area contributed by atoms with Crippen molar-refractivity contribution in [2.24, 2.45) is 0 Å². The van der Waals surface area contributed by atoms with Crippen LogP contribution >= 0.6 is 0 Å². The van der Waals surface area contributed by atoms with Crippen LogP contribution in [0.25, 0.3) is 10.9 Å². The number of nitrogens with zero attached hydrogens (tertiary/aromatic N) is 1. The van der Waals surface area contributed by atoms with Gasteiger partial charge in [-0.25, -0.2) is 17.6 Å². The Hall–Kier alpha value is -2.22. The number of halogens is 1. The first-order chi connectivity index (χ1) is 11.6. The molecular weight excluding hydrogens is 347 g/mol. The van der Waals surface area contributed by atoms with E-state index in [0.717, 1.165) is 6.26 Å². The zero-order chi connectivity index (χ0) is 18.8. The zero-order valence-electron chi connectivity index (χ0n) is 14.6. The molecule has 25 heavy (non-hydrogen) atoms. The van der Waals surface area contributed by atoms with Crippen molar-refractivity contribution in [2.45, 2.75) is 25.5 Å². The molecule has 0 radical (unpaired) electrons. The minimum absolute atomic E-state index is 0.0356. The van der Waals surface area contributed by atoms with E-state index in [-0.39, 0.29) is 18.7 Å². The quantitative estimate of drug-likeness (QED) is 0.789. The van der Waals surface area contributed by atoms with Gasteiger partial charge in [0, 0.05) is 24.4 Å². The van der Waals surface area contributed by atoms with Gasteiger partial charge in [0.05, 0.1) is 22.6 Å². The highest BCUT2D eigenvalue weighted by molar-refractivity contribution is 7.92. The lowest BCUT2D eigenvalue weighted by atomic mass is 10.1. The van der Waals surface area contributed by atoms with E-state index in [1.165, 1.54) is 24.4 Å². The second kappa shape index (κ2) is 6.95. The minimum atomic E-state index is -3.35. The monoisotopic (exact) mass is 368 g/mol. The number of ether oxygens (including phenoxy) is 1. The van der Waals surface area contributed by atoms with Gasteiger partial charge in [0.15, 0.2) is 9.84 Å². The Morgan fingerprint density at radius 2 is 2.04 bits per heavy atom. The number of pyridine rings is 1. The minimum Gasteiger partial charge on any atom is -0.462 e. The number of rotatable bonds is 6. The van der Waals surface area contributed by atoms with Gasteiger partial charge in [-0.1, -0.05) is 0 Å². The molecule has 136 valence electrons. The number of sulfone groups is 1. The molecule has 1 aromatic heterocycles. The topological polar surface area (TPSA) is 85.4 Å². The first-order valence-corrected chi connectivity index (χ1v) is 9.65. The number of hydrogen-bond acceptors (Lipinski definition) is 6. The second-order valence-electron chi connectivity index (χ2n) is 6.31. The van der Waals surface area contributed by atoms with E-state index >= 15 is 0 Å². The van der Waals surface area contributed by atoms with Crippen LogP contribution in [0, 0.1) is 5.82 Å². The lowest BCUT2D eigenvalue weighted by Crippen LogP contribution is -2.38. The molecule has 0 atom stereocenters. The number of anilines is 1. The van der Waals surface area contributed by atoms with E-state index in [2.05, 4.69) is 10.3 Å². The third kappa shape index (κ3) is 4.07. The van der Waals surface area contributed by atoms with Crippen LogP contribution in [0.3, 0.4) is 0 Å². The summed E-state index contributed by atoms with van der Waals surface area (Å²) in [6.07, 6.45) is 2.49. The van der Waals surface area contributed by atoms with Crippen molar-refractivity contribution in [2.75, 3.05) is 24.7 Å². The largest absolute Gasteiger partial charge is 0.462 e. The summed E-state index contributed by atoms with van der Waals surface area (Å²) in [5, 5.41) is 3.37. The molecule has 1 N–H and O–H groups in total. The van der Waals surface area contributed by atoms with Crippen LogP contribution in [0.15, 0.2) is 24.4 Å². The Morgan fingerprint density at radius 3 is 2.64 bits per heavy atom. The zero-order valence-corrected chi connectivity index (χ0v) is 15.4. The number of fused-ring (bicyclic) bond motifs is 1. The third-order valence-corrected chi connectivity index (χ3v) is 6.17. The number of hydrogen-bond donors (Lipinski definition) is 1. The van der Waals surface area contributed by atoms with Crippen LogP contribution in [0.2, 0.25) is 0 Å². The van der Waals surface area contributed by atoms with Crippen molar-refractivity contribution in [3.05, 3.63) is 35.8 Å². The van der Waals surface area contributed by atoms with Crippen molar-refractivity contribution in [1.82, 2.24) is 4.98 Å². The highest BCUT2D eigenvalue weighted by atomic mass is 32.2. The Labute approximate surface area is 146 Å². The van der Waals surface area contributed by atoms with Crippen LogP contribution in [-0.2, 0) is 14.6 Å². The summed E-state index contributed by atoms with van der Waals surface area (Å²) in [4.78, 5) is 16.4. The summed E-state index contributed by atoms with van der Waals surface area (Å²) in [6, 6.07) is 4.01. The summed E-state index contributed by atoms with van der Waals surface area (Å²) in [7, 11) is -3.35. The van der Waals surface area contributed by atoms with Gasteiger partial charge in [-0.2, -0.15) is 0 Å². The molecule has 0 bridgehead atoms. The van der Waals surface area contributed by atoms with Crippen LogP contribution in [-0.4, -0.2) is 43.5 Å². The fourth-order valence-electron chi connectivity index (χ4n) is 2.15. The number of benzene rings is 1. The van der Waals surface area contributed by atoms with Gasteiger partial charge in [0.2, 0.25) is 0 Å². The van der Waals surface area contributed by atoms with Crippen molar-refractivity contribution in [3.8, 4) is 0 Å². The van der Waals surface area contributed by atoms with Crippen LogP contribution in [0.5, 0.6) is 0 Å². The molecule has 0 amide bonds.